The van der Waals surface area contributed by atoms with E-state index >= 15 is 0 Å². The van der Waals surface area contributed by atoms with E-state index < -0.39 is 0 Å². The molecule has 0 unspecified atom stereocenters. The fraction of sp³-hybridized carbons (Fsp3) is 0.500. The number of halogens is 1. The molecule has 0 aliphatic carbocycles. The SMILES string of the molecule is OCCOCCN1CCc2c(Cl)cccc21. The monoisotopic (exact) mass is 241 g/mol. The number of nitrogens with zero attached hydrogens (tertiary/aromatic N) is 1. The normalized spacial score (nSPS) is 14.2. The van der Waals surface area contributed by atoms with Crippen molar-refractivity contribution in [3.8, 4) is 0 Å². The molecule has 0 radical (unpaired) electrons. The number of hydrogen-bond acceptors (Lipinski definition) is 3. The van der Waals surface area contributed by atoms with Gasteiger partial charge in [-0.25, -0.2) is 0 Å². The molecule has 0 atom stereocenters. The van der Waals surface area contributed by atoms with Gasteiger partial charge in [0, 0.05) is 23.8 Å². The third-order valence-electron chi connectivity index (χ3n) is 2.81. The maximum atomic E-state index is 8.60. The predicted molar refractivity (Wildman–Crippen MR) is 65.3 cm³/mol. The van der Waals surface area contributed by atoms with E-state index in [9.17, 15) is 0 Å². The van der Waals surface area contributed by atoms with Gasteiger partial charge < -0.3 is 14.7 Å². The number of hydrogen-bond donors (Lipinski definition) is 1. The molecule has 0 saturated carbocycles. The zero-order valence-corrected chi connectivity index (χ0v) is 9.91. The summed E-state index contributed by atoms with van der Waals surface area (Å²) in [4.78, 5) is 2.28. The molecule has 0 fully saturated rings. The lowest BCUT2D eigenvalue weighted by Gasteiger charge is -2.19. The van der Waals surface area contributed by atoms with Crippen molar-refractivity contribution in [1.82, 2.24) is 0 Å². The molecule has 0 saturated heterocycles. The largest absolute Gasteiger partial charge is 0.394 e. The summed E-state index contributed by atoms with van der Waals surface area (Å²) in [5.41, 5.74) is 2.46. The number of benzene rings is 1. The highest BCUT2D eigenvalue weighted by atomic mass is 35.5. The highest BCUT2D eigenvalue weighted by molar-refractivity contribution is 6.31. The number of aliphatic hydroxyl groups excluding tert-OH is 1. The molecular formula is C12H16ClNO2. The lowest BCUT2D eigenvalue weighted by atomic mass is 10.2. The molecule has 2 rings (SSSR count). The second kappa shape index (κ2) is 5.53. The van der Waals surface area contributed by atoms with E-state index in [1.165, 1.54) is 11.3 Å². The molecule has 16 heavy (non-hydrogen) atoms. The van der Waals surface area contributed by atoms with Gasteiger partial charge in [-0.15, -0.1) is 0 Å². The molecule has 1 aliphatic rings. The average Bonchev–Trinajstić information content (AvgIpc) is 2.70. The first-order valence-electron chi connectivity index (χ1n) is 5.54. The second-order valence-electron chi connectivity index (χ2n) is 3.81. The first kappa shape index (κ1) is 11.7. The standard InChI is InChI=1S/C12H16ClNO2/c13-11-2-1-3-12-10(11)4-5-14(12)6-8-16-9-7-15/h1-3,15H,4-9H2. The molecule has 88 valence electrons. The molecule has 0 bridgehead atoms. The highest BCUT2D eigenvalue weighted by Crippen LogP contribution is 2.32. The van der Waals surface area contributed by atoms with E-state index in [1.807, 2.05) is 12.1 Å². The van der Waals surface area contributed by atoms with Crippen LogP contribution in [0.25, 0.3) is 0 Å². The summed E-state index contributed by atoms with van der Waals surface area (Å²) in [6.45, 7) is 3.00. The third kappa shape index (κ3) is 2.48. The molecule has 1 aromatic rings. The summed E-state index contributed by atoms with van der Waals surface area (Å²) in [5.74, 6) is 0. The second-order valence-corrected chi connectivity index (χ2v) is 4.22. The maximum absolute atomic E-state index is 8.60. The molecule has 0 spiro atoms. The van der Waals surface area contributed by atoms with Crippen molar-refractivity contribution in [3.05, 3.63) is 28.8 Å². The van der Waals surface area contributed by atoms with Gasteiger partial charge in [-0.3, -0.25) is 0 Å². The molecule has 1 aliphatic heterocycles. The Morgan fingerprint density at radius 3 is 3.06 bits per heavy atom. The number of aliphatic hydroxyl groups is 1. The van der Waals surface area contributed by atoms with E-state index in [4.69, 9.17) is 21.4 Å². The first-order chi connectivity index (χ1) is 7.83. The number of fused-ring (bicyclic) bond motifs is 1. The summed E-state index contributed by atoms with van der Waals surface area (Å²) in [6.07, 6.45) is 1.01. The van der Waals surface area contributed by atoms with Crippen molar-refractivity contribution in [3.63, 3.8) is 0 Å². The highest BCUT2D eigenvalue weighted by Gasteiger charge is 2.20. The molecule has 3 nitrogen and oxygen atoms in total. The van der Waals surface area contributed by atoms with Crippen LogP contribution < -0.4 is 4.90 Å². The topological polar surface area (TPSA) is 32.7 Å². The Morgan fingerprint density at radius 2 is 2.25 bits per heavy atom. The minimum atomic E-state index is 0.0857. The Hall–Kier alpha value is -0.770. The van der Waals surface area contributed by atoms with Gasteiger partial charge in [0.15, 0.2) is 0 Å². The van der Waals surface area contributed by atoms with Crippen LogP contribution in [0.3, 0.4) is 0 Å². The van der Waals surface area contributed by atoms with Crippen LogP contribution in [-0.4, -0.2) is 38.0 Å². The van der Waals surface area contributed by atoms with Gasteiger partial charge in [-0.05, 0) is 24.1 Å². The van der Waals surface area contributed by atoms with Crippen LogP contribution in [0.1, 0.15) is 5.56 Å². The van der Waals surface area contributed by atoms with Crippen molar-refractivity contribution in [2.75, 3.05) is 37.8 Å². The van der Waals surface area contributed by atoms with Gasteiger partial charge in [-0.2, -0.15) is 0 Å². The Labute approximate surface area is 101 Å². The summed E-state index contributed by atoms with van der Waals surface area (Å²) < 4.78 is 5.27. The van der Waals surface area contributed by atoms with E-state index in [0.717, 1.165) is 24.5 Å². The Bertz CT molecular complexity index is 357. The van der Waals surface area contributed by atoms with Crippen LogP contribution in [0, 0.1) is 0 Å². The van der Waals surface area contributed by atoms with Crippen LogP contribution in [0.5, 0.6) is 0 Å². The minimum Gasteiger partial charge on any atom is -0.394 e. The van der Waals surface area contributed by atoms with E-state index in [-0.39, 0.29) is 6.61 Å². The third-order valence-corrected chi connectivity index (χ3v) is 3.16. The molecule has 0 aromatic heterocycles. The Kier molecular flexibility index (Phi) is 4.04. The lowest BCUT2D eigenvalue weighted by Crippen LogP contribution is -2.25. The zero-order chi connectivity index (χ0) is 11.4. The summed E-state index contributed by atoms with van der Waals surface area (Å²) in [5, 5.41) is 9.45. The predicted octanol–water partition coefficient (Wildman–Crippen LogP) is 1.71. The van der Waals surface area contributed by atoms with Crippen molar-refractivity contribution in [2.45, 2.75) is 6.42 Å². The molecule has 1 heterocycles. The smallest absolute Gasteiger partial charge is 0.0698 e. The Morgan fingerprint density at radius 1 is 1.38 bits per heavy atom. The van der Waals surface area contributed by atoms with E-state index in [2.05, 4.69) is 11.0 Å². The summed E-state index contributed by atoms with van der Waals surface area (Å²) >= 11 is 6.13. The summed E-state index contributed by atoms with van der Waals surface area (Å²) in [7, 11) is 0. The van der Waals surface area contributed by atoms with Gasteiger partial charge in [0.2, 0.25) is 0 Å². The zero-order valence-electron chi connectivity index (χ0n) is 9.16. The van der Waals surface area contributed by atoms with E-state index in [0.29, 0.717) is 13.2 Å². The van der Waals surface area contributed by atoms with Gasteiger partial charge in [0.25, 0.3) is 0 Å². The van der Waals surface area contributed by atoms with Crippen molar-refractivity contribution >= 4 is 17.3 Å². The van der Waals surface area contributed by atoms with Gasteiger partial charge in [0.05, 0.1) is 19.8 Å². The van der Waals surface area contributed by atoms with Gasteiger partial charge in [-0.1, -0.05) is 17.7 Å². The number of ether oxygens (including phenoxy) is 1. The maximum Gasteiger partial charge on any atom is 0.0698 e. The van der Waals surface area contributed by atoms with E-state index in [1.54, 1.807) is 0 Å². The first-order valence-corrected chi connectivity index (χ1v) is 5.91. The van der Waals surface area contributed by atoms with Crippen molar-refractivity contribution in [1.29, 1.82) is 0 Å². The molecular weight excluding hydrogens is 226 g/mol. The van der Waals surface area contributed by atoms with Crippen molar-refractivity contribution in [2.24, 2.45) is 0 Å². The average molecular weight is 242 g/mol. The van der Waals surface area contributed by atoms with Gasteiger partial charge in [0.1, 0.15) is 0 Å². The van der Waals surface area contributed by atoms with Crippen LogP contribution in [0.4, 0.5) is 5.69 Å². The van der Waals surface area contributed by atoms with Crippen LogP contribution in [0.15, 0.2) is 18.2 Å². The molecule has 1 N–H and O–H groups in total. The lowest BCUT2D eigenvalue weighted by molar-refractivity contribution is 0.0968. The molecule has 4 heteroatoms. The van der Waals surface area contributed by atoms with Crippen LogP contribution in [-0.2, 0) is 11.2 Å². The molecule has 0 amide bonds. The van der Waals surface area contributed by atoms with Crippen LogP contribution in [0.2, 0.25) is 5.02 Å². The quantitative estimate of drug-likeness (QED) is 0.797. The number of rotatable bonds is 5. The fourth-order valence-corrected chi connectivity index (χ4v) is 2.30. The van der Waals surface area contributed by atoms with Gasteiger partial charge >= 0.3 is 0 Å². The van der Waals surface area contributed by atoms with Crippen LogP contribution >= 0.6 is 11.6 Å². The fourth-order valence-electron chi connectivity index (χ4n) is 2.03. The number of anilines is 1. The summed E-state index contributed by atoms with van der Waals surface area (Å²) in [6, 6.07) is 6.01. The van der Waals surface area contributed by atoms with Crippen molar-refractivity contribution < 1.29 is 9.84 Å². The molecule has 1 aromatic carbocycles. The Balaban J connectivity index is 1.93. The minimum absolute atomic E-state index is 0.0857.